The molecule has 0 amide bonds. The Morgan fingerprint density at radius 1 is 1.53 bits per heavy atom. The van der Waals surface area contributed by atoms with Crippen molar-refractivity contribution in [3.05, 3.63) is 0 Å². The van der Waals surface area contributed by atoms with Crippen LogP contribution >= 0.6 is 0 Å². The van der Waals surface area contributed by atoms with E-state index in [0.29, 0.717) is 25.4 Å². The molecule has 1 fully saturated rings. The number of likely N-dealkylation sites (N-methyl/N-ethyl adjacent to an activating group) is 1. The summed E-state index contributed by atoms with van der Waals surface area (Å²) in [7, 11) is -3.20. The van der Waals surface area contributed by atoms with Crippen molar-refractivity contribution in [2.45, 2.75) is 38.6 Å². The molecule has 1 atom stereocenters. The predicted molar refractivity (Wildman–Crippen MR) is 66.9 cm³/mol. The predicted octanol–water partition coefficient (Wildman–Crippen LogP) is 0.694. The second-order valence-electron chi connectivity index (χ2n) is 4.35. The Morgan fingerprint density at radius 3 is 2.94 bits per heavy atom. The molecule has 1 N–H and O–H groups in total. The first-order valence-corrected chi connectivity index (χ1v) is 7.82. The summed E-state index contributed by atoms with van der Waals surface area (Å²) in [6, 6.07) is 2.29. The maximum absolute atomic E-state index is 11.6. The molecular formula is C11H21N3O2S. The monoisotopic (exact) mass is 259 g/mol. The first-order chi connectivity index (χ1) is 8.09. The second kappa shape index (κ2) is 6.94. The lowest BCUT2D eigenvalue weighted by molar-refractivity contribution is 0.268. The normalized spacial score (nSPS) is 21.5. The molecule has 98 valence electrons. The van der Waals surface area contributed by atoms with Gasteiger partial charge in [-0.2, -0.15) is 5.26 Å². The Morgan fingerprint density at radius 2 is 2.29 bits per heavy atom. The van der Waals surface area contributed by atoms with E-state index in [1.807, 2.05) is 6.07 Å². The van der Waals surface area contributed by atoms with Crippen LogP contribution in [0.1, 0.15) is 32.6 Å². The summed E-state index contributed by atoms with van der Waals surface area (Å²) in [5, 5.41) is 8.36. The van der Waals surface area contributed by atoms with Crippen molar-refractivity contribution < 1.29 is 8.42 Å². The van der Waals surface area contributed by atoms with Crippen molar-refractivity contribution >= 4 is 10.0 Å². The van der Waals surface area contributed by atoms with Crippen LogP contribution in [-0.4, -0.2) is 44.7 Å². The van der Waals surface area contributed by atoms with Crippen LogP contribution in [-0.2, 0) is 10.0 Å². The van der Waals surface area contributed by atoms with Crippen molar-refractivity contribution in [2.24, 2.45) is 0 Å². The van der Waals surface area contributed by atoms with Crippen LogP contribution in [0, 0.1) is 11.3 Å². The molecule has 0 spiro atoms. The molecule has 0 aromatic carbocycles. The minimum absolute atomic E-state index is 0.0550. The maximum atomic E-state index is 11.6. The number of nitriles is 1. The quantitative estimate of drug-likeness (QED) is 0.683. The van der Waals surface area contributed by atoms with Gasteiger partial charge in [0.15, 0.2) is 0 Å². The van der Waals surface area contributed by atoms with E-state index in [0.717, 1.165) is 25.9 Å². The van der Waals surface area contributed by atoms with Gasteiger partial charge in [0, 0.05) is 19.0 Å². The van der Waals surface area contributed by atoms with E-state index < -0.39 is 10.0 Å². The molecule has 0 unspecified atom stereocenters. The Bertz CT molecular complexity index is 361. The van der Waals surface area contributed by atoms with Gasteiger partial charge in [-0.3, -0.25) is 4.90 Å². The maximum Gasteiger partial charge on any atom is 0.211 e. The van der Waals surface area contributed by atoms with Crippen LogP contribution in [0.25, 0.3) is 0 Å². The molecule has 1 rings (SSSR count). The highest BCUT2D eigenvalue weighted by atomic mass is 32.2. The van der Waals surface area contributed by atoms with E-state index in [1.165, 1.54) is 0 Å². The molecule has 0 aliphatic carbocycles. The lowest BCUT2D eigenvalue weighted by Gasteiger charge is -2.22. The highest BCUT2D eigenvalue weighted by Crippen LogP contribution is 2.15. The fourth-order valence-corrected chi connectivity index (χ4v) is 3.29. The Balaban J connectivity index is 2.31. The zero-order valence-corrected chi connectivity index (χ0v) is 11.2. The van der Waals surface area contributed by atoms with Crippen molar-refractivity contribution in [3.63, 3.8) is 0 Å². The van der Waals surface area contributed by atoms with E-state index in [4.69, 9.17) is 5.26 Å². The number of nitrogens with zero attached hydrogens (tertiary/aromatic N) is 2. The van der Waals surface area contributed by atoms with E-state index >= 15 is 0 Å². The van der Waals surface area contributed by atoms with E-state index in [9.17, 15) is 8.42 Å². The van der Waals surface area contributed by atoms with Crippen molar-refractivity contribution in [2.75, 3.05) is 25.4 Å². The average molecular weight is 259 g/mol. The molecule has 0 saturated carbocycles. The van der Waals surface area contributed by atoms with Gasteiger partial charge in [0.2, 0.25) is 10.0 Å². The van der Waals surface area contributed by atoms with Crippen LogP contribution < -0.4 is 4.72 Å². The summed E-state index contributed by atoms with van der Waals surface area (Å²) in [6.45, 7) is 4.64. The second-order valence-corrected chi connectivity index (χ2v) is 6.28. The van der Waals surface area contributed by atoms with Crippen molar-refractivity contribution in [1.82, 2.24) is 9.62 Å². The van der Waals surface area contributed by atoms with E-state index in [2.05, 4.69) is 16.5 Å². The molecule has 17 heavy (non-hydrogen) atoms. The van der Waals surface area contributed by atoms with Gasteiger partial charge in [0.05, 0.1) is 11.8 Å². The summed E-state index contributed by atoms with van der Waals surface area (Å²) in [5.41, 5.74) is 0. The van der Waals surface area contributed by atoms with Gasteiger partial charge < -0.3 is 0 Å². The molecule has 0 bridgehead atoms. The molecule has 0 aromatic rings. The minimum Gasteiger partial charge on any atom is -0.299 e. The number of hydrogen-bond acceptors (Lipinski definition) is 4. The third-order valence-electron chi connectivity index (χ3n) is 3.15. The first-order valence-electron chi connectivity index (χ1n) is 6.17. The molecule has 5 nitrogen and oxygen atoms in total. The lowest BCUT2D eigenvalue weighted by Crippen LogP contribution is -2.40. The molecule has 0 aromatic heterocycles. The molecular weight excluding hydrogens is 238 g/mol. The zero-order valence-electron chi connectivity index (χ0n) is 10.4. The van der Waals surface area contributed by atoms with E-state index in [-0.39, 0.29) is 5.75 Å². The lowest BCUT2D eigenvalue weighted by atomic mass is 10.2. The number of rotatable bonds is 7. The summed E-state index contributed by atoms with van der Waals surface area (Å²) in [5.74, 6) is 0.0550. The number of nitrogens with one attached hydrogen (secondary N) is 1. The van der Waals surface area contributed by atoms with Gasteiger partial charge in [0.1, 0.15) is 0 Å². The van der Waals surface area contributed by atoms with Gasteiger partial charge in [-0.1, -0.05) is 6.92 Å². The number of sulfonamides is 1. The minimum atomic E-state index is -3.20. The van der Waals surface area contributed by atoms with Crippen molar-refractivity contribution in [3.8, 4) is 6.07 Å². The van der Waals surface area contributed by atoms with Crippen LogP contribution in [0.15, 0.2) is 0 Å². The van der Waals surface area contributed by atoms with Gasteiger partial charge in [-0.05, 0) is 32.4 Å². The molecule has 1 aliphatic rings. The number of likely N-dealkylation sites (tertiary alicyclic amines) is 1. The molecule has 1 saturated heterocycles. The zero-order chi connectivity index (χ0) is 12.7. The Labute approximate surface area is 104 Å². The summed E-state index contributed by atoms with van der Waals surface area (Å²) < 4.78 is 25.9. The number of hydrogen-bond donors (Lipinski definition) is 1. The highest BCUT2D eigenvalue weighted by Gasteiger charge is 2.24. The topological polar surface area (TPSA) is 73.2 Å². The SMILES string of the molecule is CCN1CCC[C@H]1CNS(=O)(=O)CCCC#N. The van der Waals surface area contributed by atoms with Crippen LogP contribution in [0.2, 0.25) is 0 Å². The fraction of sp³-hybridized carbons (Fsp3) is 0.909. The van der Waals surface area contributed by atoms with Gasteiger partial charge >= 0.3 is 0 Å². The molecule has 1 aliphatic heterocycles. The summed E-state index contributed by atoms with van der Waals surface area (Å²) >= 11 is 0. The van der Waals surface area contributed by atoms with Gasteiger partial charge in [-0.15, -0.1) is 0 Å². The first kappa shape index (κ1) is 14.4. The Kier molecular flexibility index (Phi) is 5.89. The third-order valence-corrected chi connectivity index (χ3v) is 4.58. The third kappa shape index (κ3) is 5.02. The highest BCUT2D eigenvalue weighted by molar-refractivity contribution is 7.89. The van der Waals surface area contributed by atoms with Gasteiger partial charge in [0.25, 0.3) is 0 Å². The largest absolute Gasteiger partial charge is 0.299 e. The van der Waals surface area contributed by atoms with Crippen LogP contribution in [0.4, 0.5) is 0 Å². The Hall–Kier alpha value is -0.640. The molecule has 0 radical (unpaired) electrons. The summed E-state index contributed by atoms with van der Waals surface area (Å²) in [6.07, 6.45) is 2.92. The smallest absolute Gasteiger partial charge is 0.211 e. The summed E-state index contributed by atoms with van der Waals surface area (Å²) in [4.78, 5) is 2.30. The van der Waals surface area contributed by atoms with Crippen LogP contribution in [0.5, 0.6) is 0 Å². The van der Waals surface area contributed by atoms with E-state index in [1.54, 1.807) is 0 Å². The van der Waals surface area contributed by atoms with Crippen molar-refractivity contribution in [1.29, 1.82) is 5.26 Å². The number of unbranched alkanes of at least 4 members (excludes halogenated alkanes) is 1. The average Bonchev–Trinajstić information content (AvgIpc) is 2.74. The molecule has 6 heteroatoms. The van der Waals surface area contributed by atoms with Crippen LogP contribution in [0.3, 0.4) is 0 Å². The fourth-order valence-electron chi connectivity index (χ4n) is 2.18. The standard InChI is InChI=1S/C11H21N3O2S/c1-2-14-8-5-6-11(14)10-13-17(15,16)9-4-3-7-12/h11,13H,2-6,8-10H2,1H3/t11-/m0/s1. The van der Waals surface area contributed by atoms with Gasteiger partial charge in [-0.25, -0.2) is 13.1 Å². The molecule has 1 heterocycles.